The molecule has 1 amide bonds. The molecule has 0 atom stereocenters. The minimum atomic E-state index is 0.0431. The first-order valence-electron chi connectivity index (χ1n) is 6.92. The van der Waals surface area contributed by atoms with Crippen LogP contribution in [0.25, 0.3) is 0 Å². The van der Waals surface area contributed by atoms with E-state index < -0.39 is 0 Å². The van der Waals surface area contributed by atoms with Crippen LogP contribution in [-0.4, -0.2) is 28.5 Å². The molecule has 3 rings (SSSR count). The summed E-state index contributed by atoms with van der Waals surface area (Å²) in [5, 5.41) is 0.532. The highest BCUT2D eigenvalue weighted by atomic mass is 35.5. The lowest BCUT2D eigenvalue weighted by Gasteiger charge is -2.33. The highest BCUT2D eigenvalue weighted by molar-refractivity contribution is 6.33. The van der Waals surface area contributed by atoms with Gasteiger partial charge in [-0.1, -0.05) is 23.7 Å². The van der Waals surface area contributed by atoms with Crippen LogP contribution < -0.4 is 0 Å². The van der Waals surface area contributed by atoms with Crippen molar-refractivity contribution in [1.29, 1.82) is 0 Å². The molecule has 0 saturated carbocycles. The molecule has 1 aromatic carbocycles. The van der Waals surface area contributed by atoms with E-state index in [2.05, 4.69) is 17.0 Å². The second kappa shape index (κ2) is 5.71. The third-order valence-electron chi connectivity index (χ3n) is 3.91. The average Bonchev–Trinajstić information content (AvgIpc) is 3.01. The van der Waals surface area contributed by atoms with E-state index in [0.717, 1.165) is 25.9 Å². The van der Waals surface area contributed by atoms with Crippen molar-refractivity contribution in [2.75, 3.05) is 13.1 Å². The van der Waals surface area contributed by atoms with Crippen LogP contribution in [0.3, 0.4) is 0 Å². The predicted octanol–water partition coefficient (Wildman–Crippen LogP) is 3.62. The molecule has 2 aromatic rings. The molecule has 1 saturated heterocycles. The van der Waals surface area contributed by atoms with E-state index in [0.29, 0.717) is 16.6 Å². The summed E-state index contributed by atoms with van der Waals surface area (Å²) in [7, 11) is 0. The van der Waals surface area contributed by atoms with Crippen molar-refractivity contribution in [1.82, 2.24) is 9.47 Å². The molecule has 0 spiro atoms. The van der Waals surface area contributed by atoms with Crippen LogP contribution in [0.1, 0.15) is 29.2 Å². The van der Waals surface area contributed by atoms with E-state index in [9.17, 15) is 4.79 Å². The molecule has 104 valence electrons. The second-order valence-electron chi connectivity index (χ2n) is 5.13. The summed E-state index contributed by atoms with van der Waals surface area (Å²) in [6, 6.07) is 11.8. The highest BCUT2D eigenvalue weighted by Gasteiger charge is 2.25. The monoisotopic (exact) mass is 288 g/mol. The fraction of sp³-hybridized carbons (Fsp3) is 0.312. The quantitative estimate of drug-likeness (QED) is 0.828. The lowest BCUT2D eigenvalue weighted by molar-refractivity contribution is 0.0695. The molecule has 1 aliphatic rings. The van der Waals surface area contributed by atoms with Gasteiger partial charge in [-0.05, 0) is 37.1 Å². The molecular formula is C16H17ClN2O. The zero-order valence-electron chi connectivity index (χ0n) is 11.2. The summed E-state index contributed by atoms with van der Waals surface area (Å²) in [6.45, 7) is 1.57. The summed E-state index contributed by atoms with van der Waals surface area (Å²) in [6.07, 6.45) is 6.17. The molecule has 0 unspecified atom stereocenters. The van der Waals surface area contributed by atoms with Crippen LogP contribution in [0.15, 0.2) is 48.8 Å². The van der Waals surface area contributed by atoms with Crippen LogP contribution >= 0.6 is 11.6 Å². The zero-order valence-corrected chi connectivity index (χ0v) is 12.0. The van der Waals surface area contributed by atoms with Crippen LogP contribution in [0, 0.1) is 0 Å². The van der Waals surface area contributed by atoms with E-state index >= 15 is 0 Å². The van der Waals surface area contributed by atoms with Gasteiger partial charge in [0.1, 0.15) is 0 Å². The topological polar surface area (TPSA) is 25.2 Å². The van der Waals surface area contributed by atoms with Gasteiger partial charge >= 0.3 is 0 Å². The van der Waals surface area contributed by atoms with Gasteiger partial charge in [-0.2, -0.15) is 0 Å². The molecular weight excluding hydrogens is 272 g/mol. The first kappa shape index (κ1) is 13.3. The molecule has 1 fully saturated rings. The predicted molar refractivity (Wildman–Crippen MR) is 80.1 cm³/mol. The Balaban J connectivity index is 1.66. The molecule has 1 aromatic heterocycles. The van der Waals surface area contributed by atoms with Crippen molar-refractivity contribution in [3.63, 3.8) is 0 Å². The van der Waals surface area contributed by atoms with Gasteiger partial charge in [-0.15, -0.1) is 0 Å². The van der Waals surface area contributed by atoms with Crippen molar-refractivity contribution in [2.24, 2.45) is 0 Å². The van der Waals surface area contributed by atoms with Gasteiger partial charge in [-0.25, -0.2) is 0 Å². The maximum atomic E-state index is 12.4. The summed E-state index contributed by atoms with van der Waals surface area (Å²) in [5.74, 6) is 0.0431. The molecule has 0 N–H and O–H groups in total. The van der Waals surface area contributed by atoms with E-state index in [4.69, 9.17) is 11.6 Å². The first-order valence-corrected chi connectivity index (χ1v) is 7.30. The van der Waals surface area contributed by atoms with Crippen LogP contribution in [0.2, 0.25) is 5.02 Å². The number of carbonyl (C=O) groups excluding carboxylic acids is 1. The fourth-order valence-electron chi connectivity index (χ4n) is 2.76. The number of piperidine rings is 1. The Hall–Kier alpha value is -1.74. The molecule has 3 nitrogen and oxygen atoms in total. The van der Waals surface area contributed by atoms with Crippen molar-refractivity contribution in [3.05, 3.63) is 59.4 Å². The van der Waals surface area contributed by atoms with E-state index in [1.54, 1.807) is 12.1 Å². The van der Waals surface area contributed by atoms with E-state index in [1.165, 1.54) is 0 Å². The number of likely N-dealkylation sites (tertiary alicyclic amines) is 1. The summed E-state index contributed by atoms with van der Waals surface area (Å²) < 4.78 is 2.23. The lowest BCUT2D eigenvalue weighted by Crippen LogP contribution is -2.39. The number of hydrogen-bond donors (Lipinski definition) is 0. The molecule has 20 heavy (non-hydrogen) atoms. The maximum Gasteiger partial charge on any atom is 0.255 e. The summed E-state index contributed by atoms with van der Waals surface area (Å²) >= 11 is 6.10. The number of nitrogens with zero attached hydrogens (tertiary/aromatic N) is 2. The van der Waals surface area contributed by atoms with Crippen LogP contribution in [-0.2, 0) is 0 Å². The Kier molecular flexibility index (Phi) is 3.79. The Morgan fingerprint density at radius 2 is 1.70 bits per heavy atom. The maximum absolute atomic E-state index is 12.4. The minimum Gasteiger partial charge on any atom is -0.351 e. The minimum absolute atomic E-state index is 0.0431. The summed E-state index contributed by atoms with van der Waals surface area (Å²) in [5.41, 5.74) is 0.605. The highest BCUT2D eigenvalue weighted by Crippen LogP contribution is 2.25. The Bertz CT molecular complexity index is 586. The number of carbonyl (C=O) groups is 1. The van der Waals surface area contributed by atoms with Crippen LogP contribution in [0.4, 0.5) is 0 Å². The zero-order chi connectivity index (χ0) is 13.9. The molecule has 0 radical (unpaired) electrons. The standard InChI is InChI=1S/C16H17ClN2O/c17-15-6-2-1-5-14(15)16(20)19-11-7-13(8-12-19)18-9-3-4-10-18/h1-6,9-10,13H,7-8,11-12H2. The van der Waals surface area contributed by atoms with Gasteiger partial charge < -0.3 is 9.47 Å². The third-order valence-corrected chi connectivity index (χ3v) is 4.23. The van der Waals surface area contributed by atoms with Gasteiger partial charge in [0.05, 0.1) is 10.6 Å². The fourth-order valence-corrected chi connectivity index (χ4v) is 2.98. The van der Waals surface area contributed by atoms with Gasteiger partial charge in [0.15, 0.2) is 0 Å². The van der Waals surface area contributed by atoms with E-state index in [1.807, 2.05) is 29.2 Å². The Morgan fingerprint density at radius 1 is 1.05 bits per heavy atom. The van der Waals surface area contributed by atoms with Crippen molar-refractivity contribution >= 4 is 17.5 Å². The molecule has 4 heteroatoms. The molecule has 0 bridgehead atoms. The van der Waals surface area contributed by atoms with Crippen molar-refractivity contribution < 1.29 is 4.79 Å². The average molecular weight is 289 g/mol. The number of benzene rings is 1. The number of rotatable bonds is 2. The lowest BCUT2D eigenvalue weighted by atomic mass is 10.0. The number of aromatic nitrogens is 1. The van der Waals surface area contributed by atoms with Gasteiger partial charge in [-0.3, -0.25) is 4.79 Å². The molecule has 0 aliphatic carbocycles. The largest absolute Gasteiger partial charge is 0.351 e. The Labute approximate surface area is 123 Å². The summed E-state index contributed by atoms with van der Waals surface area (Å²) in [4.78, 5) is 14.4. The molecule has 1 aliphatic heterocycles. The number of hydrogen-bond acceptors (Lipinski definition) is 1. The van der Waals surface area contributed by atoms with Crippen molar-refractivity contribution in [3.8, 4) is 0 Å². The smallest absolute Gasteiger partial charge is 0.255 e. The third kappa shape index (κ3) is 2.59. The van der Waals surface area contributed by atoms with Gasteiger partial charge in [0.2, 0.25) is 0 Å². The second-order valence-corrected chi connectivity index (χ2v) is 5.54. The molecule has 2 heterocycles. The normalized spacial score (nSPS) is 16.4. The van der Waals surface area contributed by atoms with Crippen LogP contribution in [0.5, 0.6) is 0 Å². The van der Waals surface area contributed by atoms with Crippen molar-refractivity contribution in [2.45, 2.75) is 18.9 Å². The Morgan fingerprint density at radius 3 is 2.35 bits per heavy atom. The SMILES string of the molecule is O=C(c1ccccc1Cl)N1CCC(n2cccc2)CC1. The first-order chi connectivity index (χ1) is 9.75. The van der Waals surface area contributed by atoms with E-state index in [-0.39, 0.29) is 5.91 Å². The van der Waals surface area contributed by atoms with Gasteiger partial charge in [0.25, 0.3) is 5.91 Å². The number of amides is 1. The van der Waals surface area contributed by atoms with Gasteiger partial charge in [0, 0.05) is 31.5 Å². The number of halogens is 1.